The third kappa shape index (κ3) is 2.87. The zero-order valence-corrected chi connectivity index (χ0v) is 12.0. The lowest BCUT2D eigenvalue weighted by atomic mass is 9.82. The molecule has 19 heavy (non-hydrogen) atoms. The number of hydrogen-bond acceptors (Lipinski definition) is 1. The number of aliphatic hydroxyl groups is 1. The molecule has 0 aliphatic rings. The average molecular weight is 254 g/mol. The zero-order chi connectivity index (χ0) is 13.9. The molecular formula is C18H22O. The van der Waals surface area contributed by atoms with Crippen LogP contribution in [0.15, 0.2) is 48.5 Å². The summed E-state index contributed by atoms with van der Waals surface area (Å²) in [7, 11) is 0. The van der Waals surface area contributed by atoms with Crippen LogP contribution in [0.5, 0.6) is 0 Å². The van der Waals surface area contributed by atoms with E-state index >= 15 is 0 Å². The normalized spacial score (nSPS) is 11.6. The summed E-state index contributed by atoms with van der Waals surface area (Å²) in [6.45, 7) is 6.48. The van der Waals surface area contributed by atoms with Gasteiger partial charge in [0.25, 0.3) is 0 Å². The van der Waals surface area contributed by atoms with E-state index in [1.165, 1.54) is 22.3 Å². The van der Waals surface area contributed by atoms with Crippen molar-refractivity contribution in [3.05, 3.63) is 59.7 Å². The molecule has 1 N–H and O–H groups in total. The second-order valence-corrected chi connectivity index (χ2v) is 5.63. The fourth-order valence-electron chi connectivity index (χ4n) is 2.28. The van der Waals surface area contributed by atoms with E-state index in [0.717, 1.165) is 6.42 Å². The van der Waals surface area contributed by atoms with Gasteiger partial charge in [-0.2, -0.15) is 0 Å². The molecule has 1 heteroatoms. The molecular weight excluding hydrogens is 232 g/mol. The molecule has 2 rings (SSSR count). The van der Waals surface area contributed by atoms with Crippen molar-refractivity contribution in [3.63, 3.8) is 0 Å². The summed E-state index contributed by atoms with van der Waals surface area (Å²) < 4.78 is 0. The van der Waals surface area contributed by atoms with Crippen molar-refractivity contribution in [2.75, 3.05) is 6.61 Å². The summed E-state index contributed by atoms with van der Waals surface area (Å²) in [5, 5.41) is 9.54. The van der Waals surface area contributed by atoms with Gasteiger partial charge in [0.15, 0.2) is 0 Å². The van der Waals surface area contributed by atoms with Gasteiger partial charge in [0.05, 0.1) is 6.61 Å². The third-order valence-corrected chi connectivity index (χ3v) is 3.75. The lowest BCUT2D eigenvalue weighted by Gasteiger charge is -2.24. The second kappa shape index (κ2) is 5.58. The van der Waals surface area contributed by atoms with Crippen LogP contribution in [0.4, 0.5) is 0 Å². The van der Waals surface area contributed by atoms with Crippen molar-refractivity contribution in [2.45, 2.75) is 32.6 Å². The van der Waals surface area contributed by atoms with Crippen LogP contribution in [-0.2, 0) is 11.8 Å². The van der Waals surface area contributed by atoms with Crippen LogP contribution >= 0.6 is 0 Å². The summed E-state index contributed by atoms with van der Waals surface area (Å²) in [5.41, 5.74) is 4.86. The van der Waals surface area contributed by atoms with Gasteiger partial charge in [0.1, 0.15) is 0 Å². The molecule has 0 radical (unpaired) electrons. The van der Waals surface area contributed by atoms with Gasteiger partial charge in [-0.1, -0.05) is 69.3 Å². The summed E-state index contributed by atoms with van der Waals surface area (Å²) in [5.74, 6) is 0. The predicted octanol–water partition coefficient (Wildman–Crippen LogP) is 4.19. The Balaban J connectivity index is 2.55. The Labute approximate surface area is 115 Å². The quantitative estimate of drug-likeness (QED) is 0.867. The van der Waals surface area contributed by atoms with Crippen molar-refractivity contribution in [3.8, 4) is 11.1 Å². The first-order valence-electron chi connectivity index (χ1n) is 6.88. The Bertz CT molecular complexity index is 541. The number of benzene rings is 2. The van der Waals surface area contributed by atoms with E-state index < -0.39 is 0 Å². The predicted molar refractivity (Wildman–Crippen MR) is 81.4 cm³/mol. The molecule has 0 aliphatic heterocycles. The molecule has 0 spiro atoms. The molecule has 0 heterocycles. The standard InChI is InChI=1S/C18H22O/c1-4-14-10-11-16(18(2,3)13-19)12-17(14)15-8-6-5-7-9-15/h5-12,19H,4,13H2,1-3H3. The van der Waals surface area contributed by atoms with Gasteiger partial charge in [-0.3, -0.25) is 0 Å². The molecule has 0 bridgehead atoms. The van der Waals surface area contributed by atoms with E-state index in [2.05, 4.69) is 63.2 Å². The van der Waals surface area contributed by atoms with Gasteiger partial charge in [-0.05, 0) is 28.7 Å². The van der Waals surface area contributed by atoms with Crippen molar-refractivity contribution in [2.24, 2.45) is 0 Å². The van der Waals surface area contributed by atoms with Crippen LogP contribution in [0, 0.1) is 0 Å². The summed E-state index contributed by atoms with van der Waals surface area (Å²) in [4.78, 5) is 0. The number of aryl methyl sites for hydroxylation is 1. The third-order valence-electron chi connectivity index (χ3n) is 3.75. The van der Waals surface area contributed by atoms with Crippen LogP contribution in [-0.4, -0.2) is 11.7 Å². The molecule has 0 fully saturated rings. The maximum atomic E-state index is 9.54. The van der Waals surface area contributed by atoms with Gasteiger partial charge in [-0.25, -0.2) is 0 Å². The second-order valence-electron chi connectivity index (χ2n) is 5.63. The van der Waals surface area contributed by atoms with E-state index in [4.69, 9.17) is 0 Å². The van der Waals surface area contributed by atoms with Crippen LogP contribution in [0.25, 0.3) is 11.1 Å². The largest absolute Gasteiger partial charge is 0.395 e. The van der Waals surface area contributed by atoms with E-state index in [1.54, 1.807) is 0 Å². The maximum Gasteiger partial charge on any atom is 0.0522 e. The highest BCUT2D eigenvalue weighted by molar-refractivity contribution is 5.68. The number of rotatable bonds is 4. The van der Waals surface area contributed by atoms with E-state index in [-0.39, 0.29) is 12.0 Å². The molecule has 100 valence electrons. The topological polar surface area (TPSA) is 20.2 Å². The van der Waals surface area contributed by atoms with Crippen molar-refractivity contribution in [1.82, 2.24) is 0 Å². The van der Waals surface area contributed by atoms with Gasteiger partial charge >= 0.3 is 0 Å². The molecule has 0 aromatic heterocycles. The maximum absolute atomic E-state index is 9.54. The fraction of sp³-hybridized carbons (Fsp3) is 0.333. The van der Waals surface area contributed by atoms with Gasteiger partial charge in [0.2, 0.25) is 0 Å². The minimum atomic E-state index is -0.199. The lowest BCUT2D eigenvalue weighted by molar-refractivity contribution is 0.218. The highest BCUT2D eigenvalue weighted by atomic mass is 16.3. The first-order chi connectivity index (χ1) is 9.08. The molecule has 0 saturated carbocycles. The van der Waals surface area contributed by atoms with Crippen molar-refractivity contribution < 1.29 is 5.11 Å². The molecule has 2 aromatic rings. The van der Waals surface area contributed by atoms with Crippen LogP contribution < -0.4 is 0 Å². The molecule has 0 aliphatic carbocycles. The Hall–Kier alpha value is -1.60. The minimum Gasteiger partial charge on any atom is -0.395 e. The molecule has 0 saturated heterocycles. The summed E-state index contributed by atoms with van der Waals surface area (Å²) in [6, 6.07) is 17.0. The number of hydrogen-bond donors (Lipinski definition) is 1. The van der Waals surface area contributed by atoms with Gasteiger partial charge in [0, 0.05) is 5.41 Å². The van der Waals surface area contributed by atoms with E-state index in [9.17, 15) is 5.11 Å². The van der Waals surface area contributed by atoms with E-state index in [0.29, 0.717) is 0 Å². The fourth-order valence-corrected chi connectivity index (χ4v) is 2.28. The number of aliphatic hydroxyl groups excluding tert-OH is 1. The monoisotopic (exact) mass is 254 g/mol. The molecule has 0 atom stereocenters. The summed E-state index contributed by atoms with van der Waals surface area (Å²) in [6.07, 6.45) is 1.02. The first kappa shape index (κ1) is 13.8. The lowest BCUT2D eigenvalue weighted by Crippen LogP contribution is -2.22. The molecule has 0 unspecified atom stereocenters. The average Bonchev–Trinajstić information content (AvgIpc) is 2.47. The SMILES string of the molecule is CCc1ccc(C(C)(C)CO)cc1-c1ccccc1. The molecule has 0 amide bonds. The van der Waals surface area contributed by atoms with Crippen molar-refractivity contribution in [1.29, 1.82) is 0 Å². The van der Waals surface area contributed by atoms with Gasteiger partial charge in [-0.15, -0.1) is 0 Å². The Morgan fingerprint density at radius 1 is 1.00 bits per heavy atom. The Kier molecular flexibility index (Phi) is 4.06. The molecule has 2 aromatic carbocycles. The van der Waals surface area contributed by atoms with Crippen LogP contribution in [0.1, 0.15) is 31.9 Å². The molecule has 1 nitrogen and oxygen atoms in total. The highest BCUT2D eigenvalue weighted by Crippen LogP contribution is 2.30. The summed E-state index contributed by atoms with van der Waals surface area (Å²) >= 11 is 0. The van der Waals surface area contributed by atoms with Crippen LogP contribution in [0.3, 0.4) is 0 Å². The Morgan fingerprint density at radius 2 is 1.68 bits per heavy atom. The van der Waals surface area contributed by atoms with Crippen molar-refractivity contribution >= 4 is 0 Å². The zero-order valence-electron chi connectivity index (χ0n) is 12.0. The Morgan fingerprint density at radius 3 is 2.26 bits per heavy atom. The van der Waals surface area contributed by atoms with Gasteiger partial charge < -0.3 is 5.11 Å². The van der Waals surface area contributed by atoms with E-state index in [1.807, 2.05) is 6.07 Å². The van der Waals surface area contributed by atoms with Crippen LogP contribution in [0.2, 0.25) is 0 Å². The minimum absolute atomic E-state index is 0.159. The first-order valence-corrected chi connectivity index (χ1v) is 6.88. The highest BCUT2D eigenvalue weighted by Gasteiger charge is 2.20. The smallest absolute Gasteiger partial charge is 0.0522 e.